The molecule has 3 aromatic rings. The van der Waals surface area contributed by atoms with Gasteiger partial charge in [-0.25, -0.2) is 4.79 Å². The van der Waals surface area contributed by atoms with Crippen LogP contribution < -0.4 is 10.6 Å². The summed E-state index contributed by atoms with van der Waals surface area (Å²) in [5.41, 5.74) is 2.16. The highest BCUT2D eigenvalue weighted by Crippen LogP contribution is 2.26. The second kappa shape index (κ2) is 13.0. The first-order chi connectivity index (χ1) is 16.0. The predicted molar refractivity (Wildman–Crippen MR) is 133 cm³/mol. The van der Waals surface area contributed by atoms with E-state index in [0.717, 1.165) is 11.3 Å². The average molecular weight is 503 g/mol. The van der Waals surface area contributed by atoms with Gasteiger partial charge in [0.25, 0.3) is 0 Å². The molecule has 0 saturated carbocycles. The first-order valence-electron chi connectivity index (χ1n) is 9.98. The van der Waals surface area contributed by atoms with Crippen LogP contribution in [0.2, 0.25) is 0 Å². The molecule has 0 atom stereocenters. The standard InChI is InChI=1S/C22H22N4O4S3/c1-2-30-20(29)16-8-10-17(11-9-16)23-19(28)14-32-22-26-25-21(33-22)24-18(27)13-31-12-15-6-4-3-5-7-15/h3-11H,2,12-14H2,1H3,(H,23,28)(H,24,25,27). The van der Waals surface area contributed by atoms with Crippen molar-refractivity contribution in [1.29, 1.82) is 0 Å². The molecule has 0 saturated heterocycles. The first kappa shape index (κ1) is 24.7. The van der Waals surface area contributed by atoms with Crippen LogP contribution >= 0.6 is 34.9 Å². The number of benzene rings is 2. The van der Waals surface area contributed by atoms with Crippen LogP contribution in [0.4, 0.5) is 10.8 Å². The van der Waals surface area contributed by atoms with Crippen molar-refractivity contribution in [1.82, 2.24) is 10.2 Å². The van der Waals surface area contributed by atoms with E-state index >= 15 is 0 Å². The monoisotopic (exact) mass is 502 g/mol. The number of nitrogens with one attached hydrogen (secondary N) is 2. The van der Waals surface area contributed by atoms with Gasteiger partial charge in [0.1, 0.15) is 0 Å². The molecule has 0 bridgehead atoms. The fourth-order valence-electron chi connectivity index (χ4n) is 2.54. The Morgan fingerprint density at radius 3 is 2.39 bits per heavy atom. The van der Waals surface area contributed by atoms with Gasteiger partial charge in [-0.2, -0.15) is 0 Å². The van der Waals surface area contributed by atoms with E-state index in [0.29, 0.717) is 33.1 Å². The van der Waals surface area contributed by atoms with E-state index in [1.807, 2.05) is 30.3 Å². The van der Waals surface area contributed by atoms with Crippen molar-refractivity contribution in [2.24, 2.45) is 0 Å². The fraction of sp³-hybridized carbons (Fsp3) is 0.227. The zero-order valence-electron chi connectivity index (χ0n) is 17.8. The number of thioether (sulfide) groups is 2. The molecule has 2 aromatic carbocycles. The summed E-state index contributed by atoms with van der Waals surface area (Å²) >= 11 is 3.97. The summed E-state index contributed by atoms with van der Waals surface area (Å²) in [6.07, 6.45) is 0. The molecule has 1 aromatic heterocycles. The van der Waals surface area contributed by atoms with E-state index < -0.39 is 5.97 Å². The predicted octanol–water partition coefficient (Wildman–Crippen LogP) is 4.32. The van der Waals surface area contributed by atoms with E-state index in [4.69, 9.17) is 4.74 Å². The molecule has 11 heteroatoms. The van der Waals surface area contributed by atoms with Crippen molar-refractivity contribution in [3.05, 3.63) is 65.7 Å². The molecule has 2 amide bonds. The number of anilines is 2. The lowest BCUT2D eigenvalue weighted by Gasteiger charge is -2.06. The van der Waals surface area contributed by atoms with E-state index in [1.54, 1.807) is 31.2 Å². The maximum Gasteiger partial charge on any atom is 0.338 e. The van der Waals surface area contributed by atoms with Crippen molar-refractivity contribution in [2.75, 3.05) is 28.7 Å². The average Bonchev–Trinajstić information content (AvgIpc) is 3.26. The Morgan fingerprint density at radius 2 is 1.67 bits per heavy atom. The van der Waals surface area contributed by atoms with Crippen molar-refractivity contribution < 1.29 is 19.1 Å². The number of carbonyl (C=O) groups excluding carboxylic acids is 3. The van der Waals surface area contributed by atoms with Crippen LogP contribution in [0.3, 0.4) is 0 Å². The Labute approximate surface area is 203 Å². The molecular formula is C22H22N4O4S3. The highest BCUT2D eigenvalue weighted by Gasteiger charge is 2.12. The van der Waals surface area contributed by atoms with E-state index in [9.17, 15) is 14.4 Å². The maximum absolute atomic E-state index is 12.2. The highest BCUT2D eigenvalue weighted by atomic mass is 32.2. The van der Waals surface area contributed by atoms with Gasteiger partial charge in [-0.1, -0.05) is 53.4 Å². The topological polar surface area (TPSA) is 110 Å². The van der Waals surface area contributed by atoms with Crippen LogP contribution in [0.5, 0.6) is 0 Å². The van der Waals surface area contributed by atoms with Gasteiger partial charge in [-0.05, 0) is 36.8 Å². The van der Waals surface area contributed by atoms with Crippen molar-refractivity contribution >= 4 is 63.5 Å². The lowest BCUT2D eigenvalue weighted by atomic mass is 10.2. The number of hydrogen-bond acceptors (Lipinski definition) is 9. The van der Waals surface area contributed by atoms with Gasteiger partial charge in [-0.3, -0.25) is 14.9 Å². The van der Waals surface area contributed by atoms with Crippen LogP contribution in [0.1, 0.15) is 22.8 Å². The molecule has 2 N–H and O–H groups in total. The Hall–Kier alpha value is -2.89. The molecule has 0 aliphatic rings. The molecule has 0 unspecified atom stereocenters. The Bertz CT molecular complexity index is 1070. The second-order valence-electron chi connectivity index (χ2n) is 6.53. The number of ether oxygens (including phenoxy) is 1. The molecule has 0 radical (unpaired) electrons. The molecular weight excluding hydrogens is 480 g/mol. The SMILES string of the molecule is CCOC(=O)c1ccc(NC(=O)CSc2nnc(NC(=O)CSCc3ccccc3)s2)cc1. The zero-order chi connectivity index (χ0) is 23.5. The minimum absolute atomic E-state index is 0.134. The second-order valence-corrected chi connectivity index (χ2v) is 9.72. The van der Waals surface area contributed by atoms with E-state index in [2.05, 4.69) is 20.8 Å². The number of amides is 2. The number of aromatic nitrogens is 2. The third kappa shape index (κ3) is 8.52. The van der Waals surface area contributed by atoms with Gasteiger partial charge in [0, 0.05) is 11.4 Å². The molecule has 8 nitrogen and oxygen atoms in total. The minimum Gasteiger partial charge on any atom is -0.462 e. The number of rotatable bonds is 11. The quantitative estimate of drug-likeness (QED) is 0.227. The number of nitrogens with zero attached hydrogens (tertiary/aromatic N) is 2. The summed E-state index contributed by atoms with van der Waals surface area (Å²) in [6.45, 7) is 2.05. The molecule has 0 aliphatic carbocycles. The molecule has 1 heterocycles. The zero-order valence-corrected chi connectivity index (χ0v) is 20.2. The lowest BCUT2D eigenvalue weighted by molar-refractivity contribution is -0.114. The summed E-state index contributed by atoms with van der Waals surface area (Å²) in [6, 6.07) is 16.4. The molecule has 33 heavy (non-hydrogen) atoms. The van der Waals surface area contributed by atoms with Gasteiger partial charge in [-0.15, -0.1) is 22.0 Å². The smallest absolute Gasteiger partial charge is 0.338 e. The molecule has 0 spiro atoms. The van der Waals surface area contributed by atoms with Crippen LogP contribution in [0, 0.1) is 0 Å². The summed E-state index contributed by atoms with van der Waals surface area (Å²) < 4.78 is 5.51. The Balaban J connectivity index is 1.38. The first-order valence-corrected chi connectivity index (χ1v) is 12.9. The van der Waals surface area contributed by atoms with Gasteiger partial charge in [0.05, 0.1) is 23.7 Å². The molecule has 3 rings (SSSR count). The highest BCUT2D eigenvalue weighted by molar-refractivity contribution is 8.01. The van der Waals surface area contributed by atoms with Crippen LogP contribution in [-0.2, 0) is 20.1 Å². The van der Waals surface area contributed by atoms with Crippen LogP contribution in [0.25, 0.3) is 0 Å². The number of carbonyl (C=O) groups is 3. The number of hydrogen-bond donors (Lipinski definition) is 2. The van der Waals surface area contributed by atoms with E-state index in [1.165, 1.54) is 34.9 Å². The summed E-state index contributed by atoms with van der Waals surface area (Å²) in [4.78, 5) is 35.9. The third-order valence-electron chi connectivity index (χ3n) is 4.00. The molecule has 0 fully saturated rings. The van der Waals surface area contributed by atoms with Gasteiger partial charge >= 0.3 is 5.97 Å². The molecule has 172 valence electrons. The Kier molecular flexibility index (Phi) is 9.73. The third-order valence-corrected chi connectivity index (χ3v) is 6.98. The van der Waals surface area contributed by atoms with Crippen LogP contribution in [-0.4, -0.2) is 46.1 Å². The van der Waals surface area contributed by atoms with Crippen molar-refractivity contribution in [3.8, 4) is 0 Å². The van der Waals surface area contributed by atoms with Crippen molar-refractivity contribution in [2.45, 2.75) is 17.0 Å². The van der Waals surface area contributed by atoms with Gasteiger partial charge < -0.3 is 10.1 Å². The summed E-state index contributed by atoms with van der Waals surface area (Å²) in [5, 5.41) is 13.9. The van der Waals surface area contributed by atoms with Gasteiger partial charge in [0.2, 0.25) is 16.9 Å². The summed E-state index contributed by atoms with van der Waals surface area (Å²) in [5.74, 6) is 0.435. The Morgan fingerprint density at radius 1 is 0.939 bits per heavy atom. The van der Waals surface area contributed by atoms with E-state index in [-0.39, 0.29) is 17.6 Å². The molecule has 0 aliphatic heterocycles. The van der Waals surface area contributed by atoms with Crippen molar-refractivity contribution in [3.63, 3.8) is 0 Å². The number of esters is 1. The van der Waals surface area contributed by atoms with Crippen LogP contribution in [0.15, 0.2) is 58.9 Å². The van der Waals surface area contributed by atoms with Gasteiger partial charge in [0.15, 0.2) is 4.34 Å². The maximum atomic E-state index is 12.2. The minimum atomic E-state index is -0.403. The largest absolute Gasteiger partial charge is 0.462 e. The lowest BCUT2D eigenvalue weighted by Crippen LogP contribution is -2.14. The fourth-order valence-corrected chi connectivity index (χ4v) is 4.89. The normalized spacial score (nSPS) is 10.5. The summed E-state index contributed by atoms with van der Waals surface area (Å²) in [7, 11) is 0.